The summed E-state index contributed by atoms with van der Waals surface area (Å²) in [5.74, 6) is 0.525. The highest BCUT2D eigenvalue weighted by molar-refractivity contribution is 5.73. The molecule has 0 spiro atoms. The number of benzene rings is 1. The molecule has 86 valence electrons. The van der Waals surface area contributed by atoms with Crippen LogP contribution in [0.4, 0.5) is 0 Å². The normalized spacial score (nSPS) is 13.5. The lowest BCUT2D eigenvalue weighted by Gasteiger charge is -2.15. The van der Waals surface area contributed by atoms with Crippen molar-refractivity contribution >= 4 is 11.0 Å². The van der Waals surface area contributed by atoms with E-state index in [4.69, 9.17) is 4.74 Å². The fraction of sp³-hybridized carbons (Fsp3) is 0.500. The van der Waals surface area contributed by atoms with Crippen molar-refractivity contribution in [1.82, 2.24) is 15.0 Å². The summed E-state index contributed by atoms with van der Waals surface area (Å²) in [6.07, 6.45) is -0.0743. The molecule has 0 saturated heterocycles. The Labute approximate surface area is 95.2 Å². The molecule has 1 unspecified atom stereocenters. The molecule has 0 bridgehead atoms. The van der Waals surface area contributed by atoms with Crippen molar-refractivity contribution < 1.29 is 4.74 Å². The largest absolute Gasteiger partial charge is 0.356 e. The predicted molar refractivity (Wildman–Crippen MR) is 63.0 cm³/mol. The first-order chi connectivity index (χ1) is 7.68. The molecule has 0 aliphatic heterocycles. The molecule has 2 aromatic rings. The molecule has 0 saturated carbocycles. The summed E-state index contributed by atoms with van der Waals surface area (Å²) in [6, 6.07) is 7.90. The van der Waals surface area contributed by atoms with E-state index in [9.17, 15) is 0 Å². The summed E-state index contributed by atoms with van der Waals surface area (Å²) in [7, 11) is 0. The van der Waals surface area contributed by atoms with Crippen molar-refractivity contribution in [3.63, 3.8) is 0 Å². The number of rotatable bonds is 4. The smallest absolute Gasteiger partial charge is 0.149 e. The first kappa shape index (κ1) is 11.1. The van der Waals surface area contributed by atoms with E-state index in [0.29, 0.717) is 5.92 Å². The first-order valence-electron chi connectivity index (χ1n) is 5.60. The fourth-order valence-corrected chi connectivity index (χ4v) is 1.56. The number of para-hydroxylation sites is 1. The van der Waals surface area contributed by atoms with Gasteiger partial charge in [0.15, 0.2) is 0 Å². The third kappa shape index (κ3) is 2.22. The van der Waals surface area contributed by atoms with E-state index >= 15 is 0 Å². The Morgan fingerprint density at radius 3 is 2.75 bits per heavy atom. The monoisotopic (exact) mass is 219 g/mol. The second-order valence-corrected chi connectivity index (χ2v) is 4.35. The molecule has 1 atom stereocenters. The maximum absolute atomic E-state index is 5.72. The van der Waals surface area contributed by atoms with Gasteiger partial charge in [-0.05, 0) is 25.0 Å². The summed E-state index contributed by atoms with van der Waals surface area (Å²) in [4.78, 5) is 0. The Bertz CT molecular complexity index is 464. The molecule has 0 aliphatic rings. The number of ether oxygens (including phenoxy) is 1. The van der Waals surface area contributed by atoms with E-state index in [1.807, 2.05) is 35.9 Å². The second kappa shape index (κ2) is 4.61. The van der Waals surface area contributed by atoms with E-state index in [1.165, 1.54) is 0 Å². The third-order valence-corrected chi connectivity index (χ3v) is 2.39. The molecule has 1 aromatic carbocycles. The zero-order valence-electron chi connectivity index (χ0n) is 9.92. The Hall–Kier alpha value is -1.42. The molecular formula is C12H17N3O. The minimum absolute atomic E-state index is 0.0743. The van der Waals surface area contributed by atoms with Crippen LogP contribution in [0.1, 0.15) is 27.0 Å². The molecule has 16 heavy (non-hydrogen) atoms. The summed E-state index contributed by atoms with van der Waals surface area (Å²) < 4.78 is 7.53. The van der Waals surface area contributed by atoms with Gasteiger partial charge in [-0.15, -0.1) is 5.10 Å². The van der Waals surface area contributed by atoms with Gasteiger partial charge in [-0.25, -0.2) is 4.68 Å². The minimum atomic E-state index is -0.0743. The van der Waals surface area contributed by atoms with Crippen LogP contribution in [0.15, 0.2) is 24.3 Å². The van der Waals surface area contributed by atoms with Crippen LogP contribution in [0.5, 0.6) is 0 Å². The maximum atomic E-state index is 5.72. The number of fused-ring (bicyclic) bond motifs is 1. The summed E-state index contributed by atoms with van der Waals surface area (Å²) in [5, 5.41) is 8.21. The molecule has 0 N–H and O–H groups in total. The molecule has 1 aromatic heterocycles. The van der Waals surface area contributed by atoms with Crippen LogP contribution in [0, 0.1) is 5.92 Å². The van der Waals surface area contributed by atoms with Gasteiger partial charge in [0.25, 0.3) is 0 Å². The zero-order chi connectivity index (χ0) is 11.5. The van der Waals surface area contributed by atoms with Gasteiger partial charge >= 0.3 is 0 Å². The highest BCUT2D eigenvalue weighted by atomic mass is 16.5. The first-order valence-corrected chi connectivity index (χ1v) is 5.60. The van der Waals surface area contributed by atoms with Gasteiger partial charge in [0.1, 0.15) is 11.7 Å². The van der Waals surface area contributed by atoms with E-state index < -0.39 is 0 Å². The average molecular weight is 219 g/mol. The van der Waals surface area contributed by atoms with Crippen LogP contribution in [0.3, 0.4) is 0 Å². The lowest BCUT2D eigenvalue weighted by Crippen LogP contribution is -2.14. The predicted octanol–water partition coefficient (Wildman–Crippen LogP) is 2.62. The van der Waals surface area contributed by atoms with Gasteiger partial charge in [-0.3, -0.25) is 0 Å². The molecule has 0 aliphatic carbocycles. The molecule has 0 fully saturated rings. The van der Waals surface area contributed by atoms with Crippen molar-refractivity contribution in [2.45, 2.75) is 27.0 Å². The van der Waals surface area contributed by atoms with Gasteiger partial charge in [0.05, 0.1) is 12.1 Å². The van der Waals surface area contributed by atoms with Crippen LogP contribution >= 0.6 is 0 Å². The van der Waals surface area contributed by atoms with Crippen LogP contribution in [0.25, 0.3) is 11.0 Å². The maximum Gasteiger partial charge on any atom is 0.149 e. The van der Waals surface area contributed by atoms with Crippen molar-refractivity contribution in [2.75, 3.05) is 6.61 Å². The highest BCUT2D eigenvalue weighted by Gasteiger charge is 2.11. The fourth-order valence-electron chi connectivity index (χ4n) is 1.56. The summed E-state index contributed by atoms with van der Waals surface area (Å²) >= 11 is 0. The van der Waals surface area contributed by atoms with Crippen molar-refractivity contribution in [1.29, 1.82) is 0 Å². The molecular weight excluding hydrogens is 202 g/mol. The lowest BCUT2D eigenvalue weighted by atomic mass is 10.2. The minimum Gasteiger partial charge on any atom is -0.356 e. The van der Waals surface area contributed by atoms with Crippen molar-refractivity contribution in [2.24, 2.45) is 5.92 Å². The van der Waals surface area contributed by atoms with Gasteiger partial charge in [-0.2, -0.15) is 0 Å². The number of aromatic nitrogens is 3. The summed E-state index contributed by atoms with van der Waals surface area (Å²) in [6.45, 7) is 6.98. The quantitative estimate of drug-likeness (QED) is 0.793. The Morgan fingerprint density at radius 2 is 2.00 bits per heavy atom. The van der Waals surface area contributed by atoms with Crippen LogP contribution < -0.4 is 0 Å². The summed E-state index contributed by atoms with van der Waals surface area (Å²) in [5.41, 5.74) is 1.92. The standard InChI is InChI=1S/C12H17N3O/c1-9(2)8-16-10(3)15-12-7-5-4-6-11(12)13-14-15/h4-7,9-10H,8H2,1-3H3. The number of nitrogens with zero attached hydrogens (tertiary/aromatic N) is 3. The molecule has 4 nitrogen and oxygen atoms in total. The van der Waals surface area contributed by atoms with Crippen molar-refractivity contribution in [3.8, 4) is 0 Å². The molecule has 2 rings (SSSR count). The Kier molecular flexibility index (Phi) is 3.19. The van der Waals surface area contributed by atoms with E-state index in [0.717, 1.165) is 17.6 Å². The average Bonchev–Trinajstić information content (AvgIpc) is 2.69. The SMILES string of the molecule is CC(C)COC(C)n1nnc2ccccc21. The van der Waals surface area contributed by atoms with E-state index in [1.54, 1.807) is 0 Å². The zero-order valence-corrected chi connectivity index (χ0v) is 9.92. The van der Waals surface area contributed by atoms with Crippen LogP contribution in [-0.2, 0) is 4.74 Å². The van der Waals surface area contributed by atoms with Crippen LogP contribution in [0.2, 0.25) is 0 Å². The third-order valence-electron chi connectivity index (χ3n) is 2.39. The molecule has 0 amide bonds. The Morgan fingerprint density at radius 1 is 1.25 bits per heavy atom. The highest BCUT2D eigenvalue weighted by Crippen LogP contribution is 2.16. The second-order valence-electron chi connectivity index (χ2n) is 4.35. The Balaban J connectivity index is 2.19. The molecule has 0 radical (unpaired) electrons. The van der Waals surface area contributed by atoms with Gasteiger partial charge in [0, 0.05) is 0 Å². The number of hydrogen-bond acceptors (Lipinski definition) is 3. The molecule has 1 heterocycles. The van der Waals surface area contributed by atoms with Gasteiger partial charge in [0.2, 0.25) is 0 Å². The van der Waals surface area contributed by atoms with Crippen LogP contribution in [-0.4, -0.2) is 21.6 Å². The van der Waals surface area contributed by atoms with Gasteiger partial charge in [-0.1, -0.05) is 31.2 Å². The van der Waals surface area contributed by atoms with Crippen molar-refractivity contribution in [3.05, 3.63) is 24.3 Å². The van der Waals surface area contributed by atoms with E-state index in [2.05, 4.69) is 24.2 Å². The lowest BCUT2D eigenvalue weighted by molar-refractivity contribution is -0.00461. The molecule has 4 heteroatoms. The number of hydrogen-bond donors (Lipinski definition) is 0. The van der Waals surface area contributed by atoms with E-state index in [-0.39, 0.29) is 6.23 Å². The topological polar surface area (TPSA) is 39.9 Å². The van der Waals surface area contributed by atoms with Gasteiger partial charge < -0.3 is 4.74 Å².